The van der Waals surface area contributed by atoms with E-state index in [2.05, 4.69) is 29.3 Å². The first-order valence-corrected chi connectivity index (χ1v) is 11.1. The molecular formula is C23H24FN5OS. The van der Waals surface area contributed by atoms with Crippen molar-refractivity contribution in [2.75, 3.05) is 17.2 Å². The fourth-order valence-electron chi connectivity index (χ4n) is 3.20. The molecule has 0 N–H and O–H groups in total. The van der Waals surface area contributed by atoms with Crippen LogP contribution >= 0.6 is 11.8 Å². The van der Waals surface area contributed by atoms with Crippen LogP contribution in [0.1, 0.15) is 25.3 Å². The smallest absolute Gasteiger partial charge is 0.237 e. The summed E-state index contributed by atoms with van der Waals surface area (Å²) in [5.74, 6) is 0.371. The monoisotopic (exact) mass is 437 g/mol. The van der Waals surface area contributed by atoms with Crippen molar-refractivity contribution in [1.82, 2.24) is 14.8 Å². The Kier molecular flexibility index (Phi) is 7.79. The van der Waals surface area contributed by atoms with E-state index in [4.69, 9.17) is 5.26 Å². The van der Waals surface area contributed by atoms with E-state index in [9.17, 15) is 9.18 Å². The third-order valence-corrected chi connectivity index (χ3v) is 5.60. The van der Waals surface area contributed by atoms with Crippen LogP contribution in [0, 0.1) is 24.1 Å². The van der Waals surface area contributed by atoms with Gasteiger partial charge < -0.3 is 9.47 Å². The number of hydrogen-bond acceptors (Lipinski definition) is 5. The summed E-state index contributed by atoms with van der Waals surface area (Å²) in [5.41, 5.74) is 2.69. The molecule has 0 bridgehead atoms. The molecule has 0 aliphatic carbocycles. The Morgan fingerprint density at radius 2 is 2.00 bits per heavy atom. The summed E-state index contributed by atoms with van der Waals surface area (Å²) in [6.45, 7) is 5.10. The Balaban J connectivity index is 1.79. The molecule has 0 aliphatic rings. The number of aryl methyl sites for hydroxylation is 1. The maximum Gasteiger partial charge on any atom is 0.237 e. The molecule has 3 aromatic rings. The van der Waals surface area contributed by atoms with Gasteiger partial charge in [-0.05, 0) is 43.7 Å². The lowest BCUT2D eigenvalue weighted by molar-refractivity contribution is -0.116. The lowest BCUT2D eigenvalue weighted by Gasteiger charge is -2.21. The fraction of sp³-hybridized carbons (Fsp3) is 0.304. The van der Waals surface area contributed by atoms with Gasteiger partial charge >= 0.3 is 0 Å². The number of carbonyl (C=O) groups is 1. The molecule has 1 heterocycles. The SMILES string of the molecule is CCCn1c(SCC(=O)N(CCC#N)c2ccc(F)cc2)nnc1-c1cccc(C)c1. The van der Waals surface area contributed by atoms with Crippen LogP contribution in [-0.4, -0.2) is 33.0 Å². The minimum absolute atomic E-state index is 0.137. The van der Waals surface area contributed by atoms with Crippen molar-refractivity contribution in [2.24, 2.45) is 0 Å². The number of nitriles is 1. The molecule has 0 radical (unpaired) electrons. The molecule has 0 atom stereocenters. The zero-order chi connectivity index (χ0) is 22.2. The van der Waals surface area contributed by atoms with Gasteiger partial charge in [0.25, 0.3) is 0 Å². The molecule has 0 saturated heterocycles. The van der Waals surface area contributed by atoms with Gasteiger partial charge in [-0.25, -0.2) is 4.39 Å². The second-order valence-electron chi connectivity index (χ2n) is 7.05. The molecule has 6 nitrogen and oxygen atoms in total. The van der Waals surface area contributed by atoms with E-state index in [1.54, 1.807) is 12.1 Å². The second kappa shape index (κ2) is 10.7. The molecule has 0 aliphatic heterocycles. The number of aromatic nitrogens is 3. The summed E-state index contributed by atoms with van der Waals surface area (Å²) in [6, 6.07) is 15.8. The van der Waals surface area contributed by atoms with Gasteiger partial charge in [0, 0.05) is 24.3 Å². The minimum atomic E-state index is -0.373. The fourth-order valence-corrected chi connectivity index (χ4v) is 4.04. The summed E-state index contributed by atoms with van der Waals surface area (Å²) in [6.07, 6.45) is 1.10. The van der Waals surface area contributed by atoms with Crippen molar-refractivity contribution in [2.45, 2.75) is 38.4 Å². The van der Waals surface area contributed by atoms with Crippen molar-refractivity contribution in [3.63, 3.8) is 0 Å². The van der Waals surface area contributed by atoms with Crippen molar-refractivity contribution in [1.29, 1.82) is 5.26 Å². The van der Waals surface area contributed by atoms with Gasteiger partial charge in [0.15, 0.2) is 11.0 Å². The zero-order valence-electron chi connectivity index (χ0n) is 17.6. The van der Waals surface area contributed by atoms with Crippen molar-refractivity contribution >= 4 is 23.4 Å². The average Bonchev–Trinajstić information content (AvgIpc) is 3.16. The highest BCUT2D eigenvalue weighted by molar-refractivity contribution is 7.99. The first-order valence-electron chi connectivity index (χ1n) is 10.1. The van der Waals surface area contributed by atoms with E-state index >= 15 is 0 Å². The molecule has 3 rings (SSSR count). The maximum absolute atomic E-state index is 13.3. The molecule has 0 unspecified atom stereocenters. The summed E-state index contributed by atoms with van der Waals surface area (Å²) >= 11 is 1.32. The lowest BCUT2D eigenvalue weighted by atomic mass is 10.1. The molecule has 0 spiro atoms. The lowest BCUT2D eigenvalue weighted by Crippen LogP contribution is -2.33. The van der Waals surface area contributed by atoms with E-state index in [1.807, 2.05) is 29.7 Å². The zero-order valence-corrected chi connectivity index (χ0v) is 18.4. The highest BCUT2D eigenvalue weighted by atomic mass is 32.2. The molecule has 0 fully saturated rings. The number of rotatable bonds is 9. The Bertz CT molecular complexity index is 1070. The Labute approximate surface area is 185 Å². The first kappa shape index (κ1) is 22.5. The van der Waals surface area contributed by atoms with Gasteiger partial charge in [-0.2, -0.15) is 5.26 Å². The normalized spacial score (nSPS) is 10.6. The summed E-state index contributed by atoms with van der Waals surface area (Å²) in [7, 11) is 0. The number of carbonyl (C=O) groups excluding carboxylic acids is 1. The molecule has 1 amide bonds. The van der Waals surface area contributed by atoms with Crippen LogP contribution in [0.5, 0.6) is 0 Å². The van der Waals surface area contributed by atoms with E-state index < -0.39 is 0 Å². The van der Waals surface area contributed by atoms with Crippen LogP contribution in [0.2, 0.25) is 0 Å². The average molecular weight is 438 g/mol. The quantitative estimate of drug-likeness (QED) is 0.448. The molecule has 1 aromatic heterocycles. The maximum atomic E-state index is 13.3. The highest BCUT2D eigenvalue weighted by Crippen LogP contribution is 2.26. The Morgan fingerprint density at radius 1 is 1.23 bits per heavy atom. The molecule has 8 heteroatoms. The van der Waals surface area contributed by atoms with Gasteiger partial charge in [-0.1, -0.05) is 42.4 Å². The topological polar surface area (TPSA) is 74.8 Å². The molecule has 2 aromatic carbocycles. The van der Waals surface area contributed by atoms with Crippen LogP contribution < -0.4 is 4.90 Å². The van der Waals surface area contributed by atoms with Gasteiger partial charge in [0.1, 0.15) is 5.82 Å². The van der Waals surface area contributed by atoms with Crippen LogP contribution in [0.3, 0.4) is 0 Å². The van der Waals surface area contributed by atoms with Crippen LogP contribution in [-0.2, 0) is 11.3 Å². The predicted octanol–water partition coefficient (Wildman–Crippen LogP) is 4.84. The molecule has 31 heavy (non-hydrogen) atoms. The summed E-state index contributed by atoms with van der Waals surface area (Å²) < 4.78 is 15.3. The van der Waals surface area contributed by atoms with Gasteiger partial charge in [-0.3, -0.25) is 4.79 Å². The Hall–Kier alpha value is -3.18. The van der Waals surface area contributed by atoms with Gasteiger partial charge in [-0.15, -0.1) is 10.2 Å². The van der Waals surface area contributed by atoms with Crippen LogP contribution in [0.15, 0.2) is 53.7 Å². The largest absolute Gasteiger partial charge is 0.311 e. The number of anilines is 1. The first-order chi connectivity index (χ1) is 15.0. The van der Waals surface area contributed by atoms with Crippen LogP contribution in [0.4, 0.5) is 10.1 Å². The highest BCUT2D eigenvalue weighted by Gasteiger charge is 2.19. The third-order valence-electron chi connectivity index (χ3n) is 4.65. The molecular weight excluding hydrogens is 413 g/mol. The summed E-state index contributed by atoms with van der Waals surface area (Å²) in [4.78, 5) is 14.5. The van der Waals surface area contributed by atoms with Gasteiger partial charge in [0.05, 0.1) is 18.2 Å². The van der Waals surface area contributed by atoms with E-state index in [0.29, 0.717) is 10.8 Å². The number of benzene rings is 2. The van der Waals surface area contributed by atoms with E-state index in [-0.39, 0.29) is 30.4 Å². The number of halogens is 1. The van der Waals surface area contributed by atoms with E-state index in [1.165, 1.54) is 28.8 Å². The number of hydrogen-bond donors (Lipinski definition) is 0. The standard InChI is InChI=1S/C23H24FN5OS/c1-3-13-29-22(18-7-4-6-17(2)15-18)26-27-23(29)31-16-21(30)28(14-5-12-25)20-10-8-19(24)9-11-20/h4,6-11,15H,3,5,13-14,16H2,1-2H3. The third kappa shape index (κ3) is 5.70. The van der Waals surface area contributed by atoms with Gasteiger partial charge in [0.2, 0.25) is 5.91 Å². The minimum Gasteiger partial charge on any atom is -0.311 e. The number of nitrogens with zero attached hydrogens (tertiary/aromatic N) is 5. The van der Waals surface area contributed by atoms with Crippen molar-refractivity contribution in [3.05, 3.63) is 59.9 Å². The molecule has 0 saturated carbocycles. The van der Waals surface area contributed by atoms with Crippen molar-refractivity contribution < 1.29 is 9.18 Å². The second-order valence-corrected chi connectivity index (χ2v) is 7.99. The number of thioether (sulfide) groups is 1. The molecule has 160 valence electrons. The van der Waals surface area contributed by atoms with Crippen LogP contribution in [0.25, 0.3) is 11.4 Å². The summed E-state index contributed by atoms with van der Waals surface area (Å²) in [5, 5.41) is 18.3. The number of amides is 1. The van der Waals surface area contributed by atoms with E-state index in [0.717, 1.165) is 29.9 Å². The van der Waals surface area contributed by atoms with Crippen molar-refractivity contribution in [3.8, 4) is 17.5 Å². The Morgan fingerprint density at radius 3 is 2.68 bits per heavy atom. The predicted molar refractivity (Wildman–Crippen MR) is 120 cm³/mol.